The minimum atomic E-state index is 0.466. The molecule has 1 aromatic rings. The van der Waals surface area contributed by atoms with Crippen molar-refractivity contribution in [3.63, 3.8) is 0 Å². The van der Waals surface area contributed by atoms with Crippen LogP contribution in [0.3, 0.4) is 0 Å². The van der Waals surface area contributed by atoms with Gasteiger partial charge in [0, 0.05) is 10.0 Å². The molecule has 3 heteroatoms. The van der Waals surface area contributed by atoms with Crippen molar-refractivity contribution < 1.29 is 9.47 Å². The first-order valence-corrected chi connectivity index (χ1v) is 6.03. The van der Waals surface area contributed by atoms with Crippen LogP contribution in [0.25, 0.3) is 0 Å². The third-order valence-electron chi connectivity index (χ3n) is 2.77. The molecule has 15 heavy (non-hydrogen) atoms. The van der Waals surface area contributed by atoms with Crippen LogP contribution in [-0.2, 0) is 11.3 Å². The first kappa shape index (κ1) is 11.0. The molecule has 1 aromatic carbocycles. The first-order chi connectivity index (χ1) is 7.29. The van der Waals surface area contributed by atoms with E-state index in [0.29, 0.717) is 12.7 Å². The van der Waals surface area contributed by atoms with Gasteiger partial charge in [0.25, 0.3) is 0 Å². The second-order valence-corrected chi connectivity index (χ2v) is 4.74. The molecule has 0 radical (unpaired) electrons. The molecule has 0 aliphatic heterocycles. The molecule has 2 nitrogen and oxygen atoms in total. The van der Waals surface area contributed by atoms with Crippen molar-refractivity contribution in [1.29, 1.82) is 0 Å². The Kier molecular flexibility index (Phi) is 3.65. The van der Waals surface area contributed by atoms with Crippen LogP contribution in [0.2, 0.25) is 0 Å². The Bertz CT molecular complexity index is 334. The molecule has 82 valence electrons. The van der Waals surface area contributed by atoms with E-state index in [9.17, 15) is 0 Å². The van der Waals surface area contributed by atoms with Crippen LogP contribution in [0.15, 0.2) is 22.7 Å². The van der Waals surface area contributed by atoms with E-state index < -0.39 is 0 Å². The largest absolute Gasteiger partial charge is 0.496 e. The monoisotopic (exact) mass is 270 g/mol. The Balaban J connectivity index is 2.00. The summed E-state index contributed by atoms with van der Waals surface area (Å²) >= 11 is 3.45. The topological polar surface area (TPSA) is 18.5 Å². The van der Waals surface area contributed by atoms with Crippen LogP contribution in [-0.4, -0.2) is 13.2 Å². The number of rotatable bonds is 4. The summed E-state index contributed by atoms with van der Waals surface area (Å²) in [7, 11) is 1.69. The van der Waals surface area contributed by atoms with Crippen molar-refractivity contribution >= 4 is 15.9 Å². The smallest absolute Gasteiger partial charge is 0.124 e. The zero-order chi connectivity index (χ0) is 10.7. The normalized spacial score (nSPS) is 16.1. The summed E-state index contributed by atoms with van der Waals surface area (Å²) in [6.45, 7) is 0.646. The molecule has 0 saturated heterocycles. The summed E-state index contributed by atoms with van der Waals surface area (Å²) in [4.78, 5) is 0. The van der Waals surface area contributed by atoms with Gasteiger partial charge in [0.05, 0.1) is 19.8 Å². The number of hydrogen-bond donors (Lipinski definition) is 0. The maximum atomic E-state index is 5.76. The molecule has 0 heterocycles. The molecule has 0 atom stereocenters. The maximum Gasteiger partial charge on any atom is 0.124 e. The quantitative estimate of drug-likeness (QED) is 0.834. The lowest BCUT2D eigenvalue weighted by molar-refractivity contribution is -0.00935. The standard InChI is InChI=1S/C12H15BrO2/c1-14-12-6-5-10(13)7-9(12)8-15-11-3-2-4-11/h5-7,11H,2-4,8H2,1H3. The molecule has 1 fully saturated rings. The molecule has 0 unspecified atom stereocenters. The molecule has 2 rings (SSSR count). The first-order valence-electron chi connectivity index (χ1n) is 5.23. The van der Waals surface area contributed by atoms with Gasteiger partial charge >= 0.3 is 0 Å². The molecule has 0 N–H and O–H groups in total. The van der Waals surface area contributed by atoms with Gasteiger partial charge in [0.2, 0.25) is 0 Å². The highest BCUT2D eigenvalue weighted by Gasteiger charge is 2.18. The Morgan fingerprint density at radius 1 is 1.40 bits per heavy atom. The number of halogens is 1. The molecular formula is C12H15BrO2. The zero-order valence-electron chi connectivity index (χ0n) is 8.83. The van der Waals surface area contributed by atoms with Gasteiger partial charge in [-0.05, 0) is 37.5 Å². The van der Waals surface area contributed by atoms with Crippen molar-refractivity contribution in [2.45, 2.75) is 32.0 Å². The summed E-state index contributed by atoms with van der Waals surface area (Å²) in [5.41, 5.74) is 1.11. The van der Waals surface area contributed by atoms with Crippen LogP contribution in [0.4, 0.5) is 0 Å². The SMILES string of the molecule is COc1ccc(Br)cc1COC1CCC1. The van der Waals surface area contributed by atoms with Crippen molar-refractivity contribution in [3.05, 3.63) is 28.2 Å². The van der Waals surface area contributed by atoms with Gasteiger partial charge < -0.3 is 9.47 Å². The van der Waals surface area contributed by atoms with Crippen molar-refractivity contribution in [3.8, 4) is 5.75 Å². The predicted molar refractivity (Wildman–Crippen MR) is 63.1 cm³/mol. The van der Waals surface area contributed by atoms with Gasteiger partial charge in [-0.2, -0.15) is 0 Å². The molecule has 1 aliphatic carbocycles. The van der Waals surface area contributed by atoms with E-state index in [4.69, 9.17) is 9.47 Å². The molecule has 0 bridgehead atoms. The predicted octanol–water partition coefficient (Wildman–Crippen LogP) is 3.53. The number of methoxy groups -OCH3 is 1. The van der Waals surface area contributed by atoms with E-state index >= 15 is 0 Å². The van der Waals surface area contributed by atoms with Crippen LogP contribution in [0.1, 0.15) is 24.8 Å². The average Bonchev–Trinajstić information content (AvgIpc) is 2.16. The van der Waals surface area contributed by atoms with Crippen LogP contribution >= 0.6 is 15.9 Å². The molecule has 1 saturated carbocycles. The fourth-order valence-electron chi connectivity index (χ4n) is 1.61. The van der Waals surface area contributed by atoms with Crippen molar-refractivity contribution in [1.82, 2.24) is 0 Å². The minimum Gasteiger partial charge on any atom is -0.496 e. The lowest BCUT2D eigenvalue weighted by Gasteiger charge is -2.25. The second-order valence-electron chi connectivity index (χ2n) is 3.82. The van der Waals surface area contributed by atoms with E-state index in [1.165, 1.54) is 19.3 Å². The fourth-order valence-corrected chi connectivity index (χ4v) is 2.01. The summed E-state index contributed by atoms with van der Waals surface area (Å²) in [5.74, 6) is 0.900. The molecule has 1 aliphatic rings. The van der Waals surface area contributed by atoms with Crippen LogP contribution in [0.5, 0.6) is 5.75 Å². The number of hydrogen-bond acceptors (Lipinski definition) is 2. The molecule has 0 aromatic heterocycles. The average molecular weight is 271 g/mol. The molecular weight excluding hydrogens is 256 g/mol. The summed E-state index contributed by atoms with van der Waals surface area (Å²) in [6.07, 6.45) is 4.18. The third kappa shape index (κ3) is 2.73. The maximum absolute atomic E-state index is 5.76. The fraction of sp³-hybridized carbons (Fsp3) is 0.500. The summed E-state index contributed by atoms with van der Waals surface area (Å²) in [6, 6.07) is 5.99. The Morgan fingerprint density at radius 3 is 2.80 bits per heavy atom. The van der Waals surface area contributed by atoms with Gasteiger partial charge in [-0.25, -0.2) is 0 Å². The van der Waals surface area contributed by atoms with Gasteiger partial charge in [-0.15, -0.1) is 0 Å². The van der Waals surface area contributed by atoms with Crippen molar-refractivity contribution in [2.75, 3.05) is 7.11 Å². The highest BCUT2D eigenvalue weighted by atomic mass is 79.9. The summed E-state index contributed by atoms with van der Waals surface area (Å²) < 4.78 is 12.1. The highest BCUT2D eigenvalue weighted by molar-refractivity contribution is 9.10. The lowest BCUT2D eigenvalue weighted by Crippen LogP contribution is -2.21. The van der Waals surface area contributed by atoms with E-state index in [0.717, 1.165) is 15.8 Å². The molecule has 0 amide bonds. The van der Waals surface area contributed by atoms with E-state index in [1.54, 1.807) is 7.11 Å². The van der Waals surface area contributed by atoms with Crippen LogP contribution in [0, 0.1) is 0 Å². The second kappa shape index (κ2) is 4.99. The Hall–Kier alpha value is -0.540. The third-order valence-corrected chi connectivity index (χ3v) is 3.26. The number of ether oxygens (including phenoxy) is 2. The zero-order valence-corrected chi connectivity index (χ0v) is 10.4. The van der Waals surface area contributed by atoms with Gasteiger partial charge in [0.1, 0.15) is 5.75 Å². The van der Waals surface area contributed by atoms with Gasteiger partial charge in [0.15, 0.2) is 0 Å². The Morgan fingerprint density at radius 2 is 2.20 bits per heavy atom. The van der Waals surface area contributed by atoms with Gasteiger partial charge in [-0.1, -0.05) is 15.9 Å². The lowest BCUT2D eigenvalue weighted by atomic mass is 9.96. The number of benzene rings is 1. The highest BCUT2D eigenvalue weighted by Crippen LogP contribution is 2.27. The minimum absolute atomic E-state index is 0.466. The van der Waals surface area contributed by atoms with Gasteiger partial charge in [-0.3, -0.25) is 0 Å². The Labute approximate surface area is 98.7 Å². The van der Waals surface area contributed by atoms with Crippen molar-refractivity contribution in [2.24, 2.45) is 0 Å². The van der Waals surface area contributed by atoms with E-state index in [1.807, 2.05) is 12.1 Å². The van der Waals surface area contributed by atoms with Crippen LogP contribution < -0.4 is 4.74 Å². The summed E-state index contributed by atoms with van der Waals surface area (Å²) in [5, 5.41) is 0. The van der Waals surface area contributed by atoms with E-state index in [-0.39, 0.29) is 0 Å². The van der Waals surface area contributed by atoms with E-state index in [2.05, 4.69) is 22.0 Å². The molecule has 0 spiro atoms.